The number of nitrogens with one attached hydrogen (secondary N) is 3. The van der Waals surface area contributed by atoms with E-state index < -0.39 is 21.5 Å². The molecule has 0 atom stereocenters. The summed E-state index contributed by atoms with van der Waals surface area (Å²) in [6.45, 7) is 13.4. The summed E-state index contributed by atoms with van der Waals surface area (Å²) in [5, 5.41) is 15.4. The van der Waals surface area contributed by atoms with Crippen molar-refractivity contribution in [3.63, 3.8) is 0 Å². The van der Waals surface area contributed by atoms with Crippen molar-refractivity contribution in [1.29, 1.82) is 0 Å². The summed E-state index contributed by atoms with van der Waals surface area (Å²) in [7, 11) is -4.24. The summed E-state index contributed by atoms with van der Waals surface area (Å²) in [5.74, 6) is 0.286. The molecule has 0 spiro atoms. The molecule has 13 heteroatoms. The molecule has 1 saturated carbocycles. The number of aryl methyl sites for hydroxylation is 1. The number of allylic oxidation sites excluding steroid dienone is 1. The summed E-state index contributed by atoms with van der Waals surface area (Å²) in [5.41, 5.74) is 7.09. The Hall–Kier alpha value is -4.88. The van der Waals surface area contributed by atoms with Crippen LogP contribution in [0.2, 0.25) is 5.02 Å². The smallest absolute Gasteiger partial charge is 0.268 e. The highest BCUT2D eigenvalue weighted by atomic mass is 35.5. The number of sulfonamides is 1. The van der Waals surface area contributed by atoms with Gasteiger partial charge in [0.15, 0.2) is 0 Å². The minimum atomic E-state index is -4.24. The Bertz CT molecular complexity index is 2530. The highest BCUT2D eigenvalue weighted by Crippen LogP contribution is 2.43. The van der Waals surface area contributed by atoms with Gasteiger partial charge < -0.3 is 25.0 Å². The number of rotatable bonds is 12. The van der Waals surface area contributed by atoms with Gasteiger partial charge in [-0.05, 0) is 141 Å². The maximum absolute atomic E-state index is 13.9. The van der Waals surface area contributed by atoms with E-state index in [-0.39, 0.29) is 21.6 Å². The van der Waals surface area contributed by atoms with E-state index in [0.717, 1.165) is 112 Å². The second kappa shape index (κ2) is 17.5. The molecule has 8 rings (SSSR count). The fraction of sp³-hybridized carbons (Fsp3) is 0.417. The minimum absolute atomic E-state index is 0.00956. The van der Waals surface area contributed by atoms with Gasteiger partial charge in [-0.25, -0.2) is 18.1 Å². The molecule has 2 aliphatic carbocycles. The number of amides is 1. The number of halogens is 1. The molecule has 1 amide bonds. The Kier molecular flexibility index (Phi) is 12.3. The summed E-state index contributed by atoms with van der Waals surface area (Å²) >= 11 is 6.25. The van der Waals surface area contributed by atoms with Crippen molar-refractivity contribution in [2.45, 2.75) is 83.1 Å². The molecule has 11 nitrogen and oxygen atoms in total. The van der Waals surface area contributed by atoms with Gasteiger partial charge in [-0.3, -0.25) is 9.69 Å². The number of anilines is 2. The number of aliphatic hydroxyl groups is 1. The zero-order valence-electron chi connectivity index (χ0n) is 35.6. The molecule has 61 heavy (non-hydrogen) atoms. The minimum Gasteiger partial charge on any atom is -0.455 e. The van der Waals surface area contributed by atoms with Gasteiger partial charge in [0.05, 0.1) is 22.3 Å². The van der Waals surface area contributed by atoms with Crippen LogP contribution in [0, 0.1) is 18.3 Å². The molecular weight excluding hydrogens is 808 g/mol. The van der Waals surface area contributed by atoms with E-state index in [4.69, 9.17) is 16.3 Å². The number of aromatic nitrogens is 2. The third kappa shape index (κ3) is 10.3. The molecule has 2 aromatic heterocycles. The molecule has 0 unspecified atom stereocenters. The van der Waals surface area contributed by atoms with Crippen LogP contribution in [0.1, 0.15) is 87.2 Å². The number of carbonyl (C=O) groups excluding carboxylic acids is 1. The monoisotopic (exact) mass is 864 g/mol. The van der Waals surface area contributed by atoms with Gasteiger partial charge in [-0.15, -0.1) is 0 Å². The van der Waals surface area contributed by atoms with Crippen LogP contribution in [-0.4, -0.2) is 79.2 Å². The Morgan fingerprint density at radius 1 is 0.967 bits per heavy atom. The Morgan fingerprint density at radius 2 is 1.72 bits per heavy atom. The number of H-pyrrole nitrogens is 1. The number of hydrogen-bond donors (Lipinski definition) is 4. The van der Waals surface area contributed by atoms with Crippen LogP contribution >= 0.6 is 11.6 Å². The number of nitrogens with zero attached hydrogens (tertiary/aromatic N) is 3. The SMILES string of the molecule is Cc1cc(S(=O)(=O)NC(=O)c2ccc(N3CCN(CC4=C(c5ccc(Cl)cc5)CC(C)(C)CC4)CC3)cc2Oc2cnc3[nH]ccc3c2)ccc1NCC1CCC(C)(O)CC1. The van der Waals surface area contributed by atoms with Crippen molar-refractivity contribution in [1.82, 2.24) is 19.6 Å². The number of fused-ring (bicyclic) bond motifs is 1. The maximum Gasteiger partial charge on any atom is 0.268 e. The van der Waals surface area contributed by atoms with Crippen molar-refractivity contribution in [3.05, 3.63) is 112 Å². The van der Waals surface area contributed by atoms with Gasteiger partial charge in [0, 0.05) is 73.3 Å². The van der Waals surface area contributed by atoms with Crippen LogP contribution in [0.5, 0.6) is 11.5 Å². The fourth-order valence-corrected chi connectivity index (χ4v) is 10.2. The van der Waals surface area contributed by atoms with E-state index in [0.29, 0.717) is 17.3 Å². The lowest BCUT2D eigenvalue weighted by atomic mass is 9.72. The molecule has 0 bridgehead atoms. The molecule has 3 aliphatic rings. The highest BCUT2D eigenvalue weighted by molar-refractivity contribution is 7.90. The average Bonchev–Trinajstić information content (AvgIpc) is 3.70. The van der Waals surface area contributed by atoms with E-state index in [1.54, 1.807) is 30.6 Å². The maximum atomic E-state index is 13.9. The summed E-state index contributed by atoms with van der Waals surface area (Å²) < 4.78 is 36.1. The number of ether oxygens (including phenoxy) is 1. The summed E-state index contributed by atoms with van der Waals surface area (Å²) in [6, 6.07) is 22.1. The first kappa shape index (κ1) is 42.8. The predicted octanol–water partition coefficient (Wildman–Crippen LogP) is 9.57. The third-order valence-electron chi connectivity index (χ3n) is 12.8. The van der Waals surface area contributed by atoms with E-state index in [1.165, 1.54) is 22.8 Å². The lowest BCUT2D eigenvalue weighted by Gasteiger charge is -2.39. The van der Waals surface area contributed by atoms with Gasteiger partial charge in [0.2, 0.25) is 0 Å². The highest BCUT2D eigenvalue weighted by Gasteiger charge is 2.31. The van der Waals surface area contributed by atoms with Crippen LogP contribution in [0.3, 0.4) is 0 Å². The van der Waals surface area contributed by atoms with Crippen molar-refractivity contribution in [3.8, 4) is 11.5 Å². The van der Waals surface area contributed by atoms with Crippen molar-refractivity contribution in [2.24, 2.45) is 11.3 Å². The van der Waals surface area contributed by atoms with Gasteiger partial charge in [0.25, 0.3) is 15.9 Å². The number of benzene rings is 3. The van der Waals surface area contributed by atoms with Gasteiger partial charge in [-0.2, -0.15) is 0 Å². The van der Waals surface area contributed by atoms with E-state index in [2.05, 4.69) is 55.8 Å². The first-order chi connectivity index (χ1) is 29.1. The zero-order valence-corrected chi connectivity index (χ0v) is 37.1. The molecule has 3 aromatic carbocycles. The van der Waals surface area contributed by atoms with Crippen molar-refractivity contribution < 1.29 is 23.1 Å². The molecule has 4 N–H and O–H groups in total. The molecule has 322 valence electrons. The van der Waals surface area contributed by atoms with Gasteiger partial charge >= 0.3 is 0 Å². The first-order valence-corrected chi connectivity index (χ1v) is 23.3. The lowest BCUT2D eigenvalue weighted by molar-refractivity contribution is 0.00976. The normalized spacial score (nSPS) is 21.1. The molecule has 0 radical (unpaired) electrons. The number of pyridine rings is 1. The third-order valence-corrected chi connectivity index (χ3v) is 14.4. The summed E-state index contributed by atoms with van der Waals surface area (Å²) in [6.07, 6.45) is 10.1. The molecule has 5 aromatic rings. The van der Waals surface area contributed by atoms with Gasteiger partial charge in [0.1, 0.15) is 17.1 Å². The van der Waals surface area contributed by atoms with Crippen LogP contribution in [0.4, 0.5) is 11.4 Å². The summed E-state index contributed by atoms with van der Waals surface area (Å²) in [4.78, 5) is 26.3. The molecule has 2 fully saturated rings. The average molecular weight is 866 g/mol. The fourth-order valence-electron chi connectivity index (χ4n) is 8.98. The van der Waals surface area contributed by atoms with Crippen molar-refractivity contribution in [2.75, 3.05) is 49.5 Å². The van der Waals surface area contributed by atoms with Crippen LogP contribution in [-0.2, 0) is 10.0 Å². The van der Waals surface area contributed by atoms with E-state index in [9.17, 15) is 18.3 Å². The Balaban J connectivity index is 0.974. The Labute approximate surface area is 364 Å². The number of carbonyl (C=O) groups is 1. The second-order valence-electron chi connectivity index (χ2n) is 18.3. The molecule has 3 heterocycles. The largest absolute Gasteiger partial charge is 0.455 e. The van der Waals surface area contributed by atoms with Crippen LogP contribution in [0.15, 0.2) is 95.7 Å². The second-order valence-corrected chi connectivity index (χ2v) is 20.4. The zero-order chi connectivity index (χ0) is 42.9. The number of aromatic amines is 1. The van der Waals surface area contributed by atoms with Gasteiger partial charge in [-0.1, -0.05) is 43.2 Å². The number of hydrogen-bond acceptors (Lipinski definition) is 9. The molecule has 1 aliphatic heterocycles. The number of piperazine rings is 1. The van der Waals surface area contributed by atoms with E-state index >= 15 is 0 Å². The first-order valence-electron chi connectivity index (χ1n) is 21.4. The quantitative estimate of drug-likeness (QED) is 0.0966. The topological polar surface area (TPSA) is 140 Å². The van der Waals surface area contributed by atoms with Crippen LogP contribution < -0.4 is 19.7 Å². The Morgan fingerprint density at radius 3 is 2.46 bits per heavy atom. The standard InChI is InChI=1S/C48H57ClN6O5S/c1-32-25-40(10-12-43(32)51-29-33-13-18-48(4,57)19-14-33)61(58,59)53-46(56)41-11-9-38(27-44(41)60-39-26-35-16-20-50-45(35)52-30-39)55-23-21-54(22-24-55)31-36-15-17-47(2,3)28-42(36)34-5-7-37(49)8-6-34/h5-12,16,20,25-27,30,33,51,57H,13-15,17-19,21-24,28-29,31H2,1-4H3,(H,50,52)(H,53,56). The van der Waals surface area contributed by atoms with Crippen molar-refractivity contribution >= 4 is 55.5 Å². The molecule has 1 saturated heterocycles. The lowest BCUT2D eigenvalue weighted by Crippen LogP contribution is -2.47. The molecular formula is C48H57ClN6O5S. The predicted molar refractivity (Wildman–Crippen MR) is 244 cm³/mol. The van der Waals surface area contributed by atoms with E-state index in [1.807, 2.05) is 50.2 Å². The van der Waals surface area contributed by atoms with Crippen LogP contribution in [0.25, 0.3) is 16.6 Å².